The van der Waals surface area contributed by atoms with Crippen LogP contribution in [0, 0.1) is 0 Å². The minimum atomic E-state index is -1.23. The summed E-state index contributed by atoms with van der Waals surface area (Å²) in [6, 6.07) is 5.16. The Labute approximate surface area is 142 Å². The number of carbonyl (C=O) groups excluding carboxylic acids is 3. The summed E-state index contributed by atoms with van der Waals surface area (Å²) in [5.74, 6) is 0. The number of hydrogen-bond donors (Lipinski definition) is 1. The van der Waals surface area contributed by atoms with Crippen LogP contribution in [0.1, 0.15) is 5.56 Å². The first-order chi connectivity index (χ1) is 12.0. The number of halogens is 1. The van der Waals surface area contributed by atoms with E-state index in [1.807, 2.05) is 0 Å². The maximum atomic E-state index is 12.0. The molecule has 0 aliphatic carbocycles. The number of alkyl halides is 1. The van der Waals surface area contributed by atoms with Gasteiger partial charge in [-0.1, -0.05) is 0 Å². The van der Waals surface area contributed by atoms with Gasteiger partial charge in [0.25, 0.3) is 0 Å². The Bertz CT molecular complexity index is 713. The molecule has 0 spiro atoms. The van der Waals surface area contributed by atoms with Crippen molar-refractivity contribution in [3.05, 3.63) is 23.8 Å². The van der Waals surface area contributed by atoms with Gasteiger partial charge in [0.2, 0.25) is 6.86 Å². The highest BCUT2D eigenvalue weighted by molar-refractivity contribution is 5.93. The quantitative estimate of drug-likeness (QED) is 0.829. The number of nitrogens with zero attached hydrogens (tertiary/aromatic N) is 2. The number of cyclic esters (lactones) is 2. The van der Waals surface area contributed by atoms with E-state index in [1.165, 1.54) is 9.80 Å². The van der Waals surface area contributed by atoms with Crippen molar-refractivity contribution in [1.82, 2.24) is 5.32 Å². The van der Waals surface area contributed by atoms with Crippen molar-refractivity contribution in [3.63, 3.8) is 0 Å². The highest BCUT2D eigenvalue weighted by Gasteiger charge is 2.33. The molecule has 1 fully saturated rings. The lowest BCUT2D eigenvalue weighted by Crippen LogP contribution is -2.35. The number of amides is 3. The molecule has 1 N–H and O–H groups in total. The van der Waals surface area contributed by atoms with E-state index in [2.05, 4.69) is 10.1 Å². The molecule has 0 aromatic heterocycles. The van der Waals surface area contributed by atoms with Crippen LogP contribution in [0.15, 0.2) is 18.2 Å². The van der Waals surface area contributed by atoms with Gasteiger partial charge >= 0.3 is 18.3 Å². The second-order valence-corrected chi connectivity index (χ2v) is 5.46. The topological polar surface area (TPSA) is 97.4 Å². The van der Waals surface area contributed by atoms with Gasteiger partial charge in [0, 0.05) is 18.3 Å². The highest BCUT2D eigenvalue weighted by Crippen LogP contribution is 2.31. The summed E-state index contributed by atoms with van der Waals surface area (Å²) in [4.78, 5) is 37.4. The van der Waals surface area contributed by atoms with Crippen molar-refractivity contribution >= 4 is 29.7 Å². The van der Waals surface area contributed by atoms with Gasteiger partial charge in [0.15, 0.2) is 0 Å². The van der Waals surface area contributed by atoms with Crippen LogP contribution < -0.4 is 15.1 Å². The summed E-state index contributed by atoms with van der Waals surface area (Å²) in [5, 5.41) is 2.31. The number of anilines is 2. The molecule has 1 aromatic rings. The van der Waals surface area contributed by atoms with Gasteiger partial charge in [0.1, 0.15) is 12.7 Å². The van der Waals surface area contributed by atoms with Gasteiger partial charge < -0.3 is 19.5 Å². The first kappa shape index (κ1) is 16.8. The van der Waals surface area contributed by atoms with Gasteiger partial charge in [-0.3, -0.25) is 9.80 Å². The van der Waals surface area contributed by atoms with Gasteiger partial charge in [-0.25, -0.2) is 18.8 Å². The number of ether oxygens (including phenoxy) is 3. The molecule has 9 nitrogen and oxygen atoms in total. The van der Waals surface area contributed by atoms with Crippen LogP contribution in [0.4, 0.5) is 30.1 Å². The number of fused-ring (bicyclic) bond motifs is 1. The Hall–Kier alpha value is -3.04. The van der Waals surface area contributed by atoms with Crippen molar-refractivity contribution in [1.29, 1.82) is 0 Å². The summed E-state index contributed by atoms with van der Waals surface area (Å²) in [6.07, 6.45) is -2.51. The van der Waals surface area contributed by atoms with Crippen LogP contribution in [0.5, 0.6) is 0 Å². The second kappa shape index (κ2) is 6.83. The standard InChI is InChI=1S/C15H16FN3O6/c1-18-12-3-2-10(4-9(12)7-23-14(18)21)19-6-11(25-15(19)22)5-17-13(20)24-8-16/h2-4,11H,5-8H2,1H3,(H,17,20). The molecule has 2 aliphatic rings. The Balaban J connectivity index is 1.67. The number of rotatable bonds is 4. The fraction of sp³-hybridized carbons (Fsp3) is 0.400. The van der Waals surface area contributed by atoms with Crippen LogP contribution in [-0.4, -0.2) is 51.4 Å². The average Bonchev–Trinajstić information content (AvgIpc) is 2.97. The number of hydrogen-bond acceptors (Lipinski definition) is 6. The predicted molar refractivity (Wildman–Crippen MR) is 83.1 cm³/mol. The molecule has 1 unspecified atom stereocenters. The van der Waals surface area contributed by atoms with Crippen LogP contribution in [-0.2, 0) is 20.8 Å². The van der Waals surface area contributed by atoms with Gasteiger partial charge in [-0.2, -0.15) is 0 Å². The van der Waals surface area contributed by atoms with Gasteiger partial charge in [0.05, 0.1) is 18.8 Å². The summed E-state index contributed by atoms with van der Waals surface area (Å²) in [6.45, 7) is -0.888. The third-order valence-electron chi connectivity index (χ3n) is 3.89. The third kappa shape index (κ3) is 3.42. The molecule has 3 rings (SSSR count). The first-order valence-corrected chi connectivity index (χ1v) is 7.47. The normalized spacial score (nSPS) is 19.2. The molecule has 25 heavy (non-hydrogen) atoms. The molecular weight excluding hydrogens is 337 g/mol. The summed E-state index contributed by atoms with van der Waals surface area (Å²) < 4.78 is 26.2. The summed E-state index contributed by atoms with van der Waals surface area (Å²) >= 11 is 0. The van der Waals surface area contributed by atoms with Gasteiger partial charge in [-0.15, -0.1) is 0 Å². The molecule has 3 amide bonds. The SMILES string of the molecule is CN1C(=O)OCc2cc(N3CC(CNC(=O)OCF)OC3=O)ccc21. The highest BCUT2D eigenvalue weighted by atomic mass is 19.1. The Morgan fingerprint density at radius 2 is 2.20 bits per heavy atom. The van der Waals surface area contributed by atoms with E-state index < -0.39 is 31.2 Å². The van der Waals surface area contributed by atoms with E-state index in [-0.39, 0.29) is 19.7 Å². The zero-order chi connectivity index (χ0) is 18.0. The van der Waals surface area contributed by atoms with Crippen molar-refractivity contribution in [2.75, 3.05) is 36.8 Å². The largest absolute Gasteiger partial charge is 0.444 e. The van der Waals surface area contributed by atoms with E-state index in [0.29, 0.717) is 11.4 Å². The lowest BCUT2D eigenvalue weighted by atomic mass is 10.1. The Kier molecular flexibility index (Phi) is 4.59. The minimum Gasteiger partial charge on any atom is -0.444 e. The van der Waals surface area contributed by atoms with Crippen LogP contribution in [0.2, 0.25) is 0 Å². The molecule has 2 heterocycles. The zero-order valence-corrected chi connectivity index (χ0v) is 13.4. The summed E-state index contributed by atoms with van der Waals surface area (Å²) in [5.41, 5.74) is 2.06. The zero-order valence-electron chi connectivity index (χ0n) is 13.4. The molecule has 1 saturated heterocycles. The molecule has 1 atom stereocenters. The van der Waals surface area contributed by atoms with E-state index in [0.717, 1.165) is 5.56 Å². The van der Waals surface area contributed by atoms with E-state index >= 15 is 0 Å². The van der Waals surface area contributed by atoms with Gasteiger partial charge in [-0.05, 0) is 18.2 Å². The lowest BCUT2D eigenvalue weighted by Gasteiger charge is -2.26. The molecular formula is C15H16FN3O6. The monoisotopic (exact) mass is 353 g/mol. The minimum absolute atomic E-state index is 0.00631. The predicted octanol–water partition coefficient (Wildman–Crippen LogP) is 1.75. The third-order valence-corrected chi connectivity index (χ3v) is 3.89. The molecule has 134 valence electrons. The number of benzene rings is 1. The fourth-order valence-corrected chi connectivity index (χ4v) is 2.65. The Morgan fingerprint density at radius 1 is 1.40 bits per heavy atom. The van der Waals surface area contributed by atoms with Crippen molar-refractivity contribution in [2.24, 2.45) is 0 Å². The van der Waals surface area contributed by atoms with Crippen molar-refractivity contribution in [3.8, 4) is 0 Å². The van der Waals surface area contributed by atoms with E-state index in [9.17, 15) is 18.8 Å². The average molecular weight is 353 g/mol. The molecule has 0 bridgehead atoms. The Morgan fingerprint density at radius 3 is 2.96 bits per heavy atom. The maximum absolute atomic E-state index is 12.0. The fourth-order valence-electron chi connectivity index (χ4n) is 2.65. The smallest absolute Gasteiger partial charge is 0.414 e. The van der Waals surface area contributed by atoms with Crippen LogP contribution in [0.3, 0.4) is 0 Å². The van der Waals surface area contributed by atoms with Crippen molar-refractivity contribution in [2.45, 2.75) is 12.7 Å². The lowest BCUT2D eigenvalue weighted by molar-refractivity contribution is 0.0918. The molecule has 1 aromatic carbocycles. The summed E-state index contributed by atoms with van der Waals surface area (Å²) in [7, 11) is 1.60. The number of carbonyl (C=O) groups is 3. The molecule has 0 radical (unpaired) electrons. The molecule has 2 aliphatic heterocycles. The maximum Gasteiger partial charge on any atom is 0.414 e. The number of alkyl carbamates (subject to hydrolysis) is 1. The first-order valence-electron chi connectivity index (χ1n) is 7.47. The van der Waals surface area contributed by atoms with Crippen LogP contribution >= 0.6 is 0 Å². The van der Waals surface area contributed by atoms with E-state index in [4.69, 9.17) is 9.47 Å². The molecule has 0 saturated carbocycles. The van der Waals surface area contributed by atoms with Crippen LogP contribution in [0.25, 0.3) is 0 Å². The van der Waals surface area contributed by atoms with E-state index in [1.54, 1.807) is 25.2 Å². The molecule has 10 heteroatoms. The second-order valence-electron chi connectivity index (χ2n) is 5.46. The van der Waals surface area contributed by atoms with Crippen molar-refractivity contribution < 1.29 is 33.0 Å². The number of nitrogens with one attached hydrogen (secondary N) is 1.